The maximum absolute atomic E-state index is 13.2. The highest BCUT2D eigenvalue weighted by atomic mass is 35.5. The molecule has 0 saturated carbocycles. The van der Waals surface area contributed by atoms with Crippen LogP contribution in [-0.4, -0.2) is 60.0 Å². The molecule has 1 amide bonds. The van der Waals surface area contributed by atoms with Gasteiger partial charge in [-0.2, -0.15) is 0 Å². The first kappa shape index (κ1) is 23.4. The van der Waals surface area contributed by atoms with Crippen molar-refractivity contribution in [1.82, 2.24) is 14.9 Å². The number of benzene rings is 2. The molecule has 2 fully saturated rings. The smallest absolute Gasteiger partial charge is 0.263 e. The van der Waals surface area contributed by atoms with Crippen molar-refractivity contribution in [3.8, 4) is 11.6 Å². The van der Waals surface area contributed by atoms with E-state index < -0.39 is 0 Å². The number of halogens is 1. The molecule has 2 aliphatic heterocycles. The van der Waals surface area contributed by atoms with E-state index in [4.69, 9.17) is 16.3 Å². The van der Waals surface area contributed by atoms with Gasteiger partial charge in [-0.05, 0) is 61.7 Å². The Hall–Kier alpha value is -3.32. The Morgan fingerprint density at radius 1 is 0.914 bits per heavy atom. The molecule has 2 saturated heterocycles. The standard InChI is InChI=1S/C27H30ClN5O2/c1-20-3-2-4-24(19-20)35-26-25(29-11-12-30-26)32-13-9-21(10-14-32)27(34)33-17-15-31(16-18-33)23-7-5-22(28)6-8-23/h2-8,11-12,19,21H,9-10,13-18H2,1H3. The van der Waals surface area contributed by atoms with Crippen molar-refractivity contribution in [2.24, 2.45) is 5.92 Å². The summed E-state index contributed by atoms with van der Waals surface area (Å²) in [4.78, 5) is 28.7. The van der Waals surface area contributed by atoms with E-state index in [1.54, 1.807) is 12.4 Å². The Morgan fingerprint density at radius 2 is 1.63 bits per heavy atom. The van der Waals surface area contributed by atoms with Crippen molar-refractivity contribution < 1.29 is 9.53 Å². The Kier molecular flexibility index (Phi) is 7.04. The molecular formula is C27H30ClN5O2. The van der Waals surface area contributed by atoms with Crippen LogP contribution in [0.5, 0.6) is 11.6 Å². The number of piperidine rings is 1. The summed E-state index contributed by atoms with van der Waals surface area (Å²) in [7, 11) is 0. The van der Waals surface area contributed by atoms with E-state index >= 15 is 0 Å². The van der Waals surface area contributed by atoms with Crippen LogP contribution in [0, 0.1) is 12.8 Å². The van der Waals surface area contributed by atoms with Crippen LogP contribution in [0.1, 0.15) is 18.4 Å². The van der Waals surface area contributed by atoms with Crippen molar-refractivity contribution >= 4 is 29.0 Å². The number of aryl methyl sites for hydroxylation is 1. The van der Waals surface area contributed by atoms with Crippen LogP contribution in [0.25, 0.3) is 0 Å². The lowest BCUT2D eigenvalue weighted by Gasteiger charge is -2.39. The van der Waals surface area contributed by atoms with E-state index in [1.807, 2.05) is 60.4 Å². The fourth-order valence-corrected chi connectivity index (χ4v) is 4.96. The summed E-state index contributed by atoms with van der Waals surface area (Å²) in [6.07, 6.45) is 4.94. The zero-order chi connectivity index (χ0) is 24.2. The molecule has 0 spiro atoms. The molecule has 1 aromatic heterocycles. The predicted octanol–water partition coefficient (Wildman–Crippen LogP) is 4.80. The van der Waals surface area contributed by atoms with Crippen LogP contribution >= 0.6 is 11.6 Å². The molecule has 5 rings (SSSR count). The third kappa shape index (κ3) is 5.51. The third-order valence-electron chi connectivity index (χ3n) is 6.78. The number of carbonyl (C=O) groups is 1. The molecule has 0 radical (unpaired) electrons. The summed E-state index contributed by atoms with van der Waals surface area (Å²) >= 11 is 6.01. The average Bonchev–Trinajstić information content (AvgIpc) is 2.89. The zero-order valence-corrected chi connectivity index (χ0v) is 20.7. The number of anilines is 2. The number of amides is 1. The van der Waals surface area contributed by atoms with Crippen LogP contribution in [-0.2, 0) is 4.79 Å². The van der Waals surface area contributed by atoms with Crippen molar-refractivity contribution in [1.29, 1.82) is 0 Å². The summed E-state index contributed by atoms with van der Waals surface area (Å²) in [6, 6.07) is 15.8. The lowest BCUT2D eigenvalue weighted by Crippen LogP contribution is -2.51. The van der Waals surface area contributed by atoms with Gasteiger partial charge in [0.1, 0.15) is 5.75 Å². The highest BCUT2D eigenvalue weighted by Gasteiger charge is 2.31. The number of ether oxygens (including phenoxy) is 1. The minimum absolute atomic E-state index is 0.0474. The fraction of sp³-hybridized carbons (Fsp3) is 0.370. The predicted molar refractivity (Wildman–Crippen MR) is 138 cm³/mol. The Labute approximate surface area is 211 Å². The summed E-state index contributed by atoms with van der Waals surface area (Å²) < 4.78 is 6.06. The van der Waals surface area contributed by atoms with Crippen molar-refractivity contribution in [3.63, 3.8) is 0 Å². The maximum atomic E-state index is 13.2. The van der Waals surface area contributed by atoms with Gasteiger partial charge in [-0.25, -0.2) is 9.97 Å². The van der Waals surface area contributed by atoms with Gasteiger partial charge in [0.15, 0.2) is 5.82 Å². The second-order valence-corrected chi connectivity index (χ2v) is 9.59. The van der Waals surface area contributed by atoms with Gasteiger partial charge in [-0.3, -0.25) is 4.79 Å². The van der Waals surface area contributed by atoms with Gasteiger partial charge in [0.05, 0.1) is 0 Å². The van der Waals surface area contributed by atoms with Crippen molar-refractivity contribution in [3.05, 3.63) is 71.5 Å². The van der Waals surface area contributed by atoms with E-state index in [1.165, 1.54) is 0 Å². The average molecular weight is 492 g/mol. The molecule has 3 aromatic rings. The summed E-state index contributed by atoms with van der Waals surface area (Å²) in [5, 5.41) is 0.740. The van der Waals surface area contributed by atoms with Crippen LogP contribution in [0.2, 0.25) is 5.02 Å². The van der Waals surface area contributed by atoms with Gasteiger partial charge >= 0.3 is 0 Å². The van der Waals surface area contributed by atoms with Crippen LogP contribution in [0.4, 0.5) is 11.5 Å². The highest BCUT2D eigenvalue weighted by molar-refractivity contribution is 6.30. The first-order chi connectivity index (χ1) is 17.1. The number of hydrogen-bond donors (Lipinski definition) is 0. The first-order valence-corrected chi connectivity index (χ1v) is 12.5. The van der Waals surface area contributed by atoms with Crippen LogP contribution in [0.3, 0.4) is 0 Å². The number of carbonyl (C=O) groups excluding carboxylic acids is 1. The number of nitrogens with zero attached hydrogens (tertiary/aromatic N) is 5. The van der Waals surface area contributed by atoms with Crippen LogP contribution < -0.4 is 14.5 Å². The van der Waals surface area contributed by atoms with Gasteiger partial charge in [0, 0.05) is 68.3 Å². The molecule has 35 heavy (non-hydrogen) atoms. The topological polar surface area (TPSA) is 61.8 Å². The molecule has 0 bridgehead atoms. The molecule has 0 N–H and O–H groups in total. The molecule has 0 unspecified atom stereocenters. The summed E-state index contributed by atoms with van der Waals surface area (Å²) in [5.41, 5.74) is 2.28. The second-order valence-electron chi connectivity index (χ2n) is 9.15. The van der Waals surface area contributed by atoms with E-state index in [9.17, 15) is 4.79 Å². The lowest BCUT2D eigenvalue weighted by molar-refractivity contribution is -0.136. The largest absolute Gasteiger partial charge is 0.436 e. The quantitative estimate of drug-likeness (QED) is 0.511. The van der Waals surface area contributed by atoms with Gasteiger partial charge in [0.2, 0.25) is 5.91 Å². The Bertz CT molecular complexity index is 1160. The first-order valence-electron chi connectivity index (χ1n) is 12.2. The maximum Gasteiger partial charge on any atom is 0.263 e. The number of piperazine rings is 1. The molecule has 8 heteroatoms. The second kappa shape index (κ2) is 10.5. The molecule has 2 aliphatic rings. The highest BCUT2D eigenvalue weighted by Crippen LogP contribution is 2.32. The SMILES string of the molecule is Cc1cccc(Oc2nccnc2N2CCC(C(=O)N3CCN(c4ccc(Cl)cc4)CC3)CC2)c1. The summed E-state index contributed by atoms with van der Waals surface area (Å²) in [5.74, 6) is 2.30. The molecule has 182 valence electrons. The number of aromatic nitrogens is 2. The van der Waals surface area contributed by atoms with E-state index in [2.05, 4.69) is 19.8 Å². The van der Waals surface area contributed by atoms with E-state index in [-0.39, 0.29) is 11.8 Å². The number of hydrogen-bond acceptors (Lipinski definition) is 6. The Morgan fingerprint density at radius 3 is 2.34 bits per heavy atom. The molecular weight excluding hydrogens is 462 g/mol. The molecule has 0 aliphatic carbocycles. The van der Waals surface area contributed by atoms with E-state index in [0.717, 1.165) is 80.0 Å². The minimum Gasteiger partial charge on any atom is -0.436 e. The summed E-state index contributed by atoms with van der Waals surface area (Å²) in [6.45, 7) is 6.72. The minimum atomic E-state index is 0.0474. The monoisotopic (exact) mass is 491 g/mol. The lowest BCUT2D eigenvalue weighted by atomic mass is 9.95. The van der Waals surface area contributed by atoms with E-state index in [0.29, 0.717) is 5.88 Å². The Balaban J connectivity index is 1.16. The normalized spacial score (nSPS) is 16.9. The van der Waals surface area contributed by atoms with Crippen LogP contribution in [0.15, 0.2) is 60.9 Å². The van der Waals surface area contributed by atoms with Gasteiger partial charge in [-0.1, -0.05) is 23.7 Å². The van der Waals surface area contributed by atoms with Gasteiger partial charge in [0.25, 0.3) is 5.88 Å². The van der Waals surface area contributed by atoms with Crippen molar-refractivity contribution in [2.75, 3.05) is 49.1 Å². The van der Waals surface area contributed by atoms with Gasteiger partial charge < -0.3 is 19.4 Å². The van der Waals surface area contributed by atoms with Crippen molar-refractivity contribution in [2.45, 2.75) is 19.8 Å². The molecule has 2 aromatic carbocycles. The van der Waals surface area contributed by atoms with Gasteiger partial charge in [-0.15, -0.1) is 0 Å². The molecule has 0 atom stereocenters. The molecule has 7 nitrogen and oxygen atoms in total. The third-order valence-corrected chi connectivity index (χ3v) is 7.03. The molecule has 3 heterocycles. The number of rotatable bonds is 5. The fourth-order valence-electron chi connectivity index (χ4n) is 4.83. The zero-order valence-electron chi connectivity index (χ0n) is 19.9.